The molecule has 0 fully saturated rings. The third kappa shape index (κ3) is 6.85. The zero-order valence-electron chi connectivity index (χ0n) is 13.8. The first kappa shape index (κ1) is 19.9. The third-order valence-electron chi connectivity index (χ3n) is 3.03. The summed E-state index contributed by atoms with van der Waals surface area (Å²) in [5.41, 5.74) is 0.640. The lowest BCUT2D eigenvalue weighted by molar-refractivity contribution is -0.120. The number of nitrogens with zero attached hydrogens (tertiary/aromatic N) is 1. The lowest BCUT2D eigenvalue weighted by atomic mass is 10.3. The maximum atomic E-state index is 12.0. The molecule has 2 rings (SSSR count). The largest absolute Gasteiger partial charge is 0.352 e. The summed E-state index contributed by atoms with van der Waals surface area (Å²) in [7, 11) is 0. The molecule has 136 valence electrons. The molecule has 1 heterocycles. The van der Waals surface area contributed by atoms with Crippen molar-refractivity contribution in [2.24, 2.45) is 0 Å². The van der Waals surface area contributed by atoms with E-state index in [2.05, 4.69) is 43.1 Å². The van der Waals surface area contributed by atoms with Gasteiger partial charge in [-0.1, -0.05) is 33.8 Å². The number of rotatable bonds is 8. The van der Waals surface area contributed by atoms with Gasteiger partial charge in [0.25, 0.3) is 5.56 Å². The van der Waals surface area contributed by atoms with Crippen LogP contribution in [0.2, 0.25) is 0 Å². The number of benzene rings is 1. The number of carbonyl (C=O) groups is 2. The molecule has 9 heteroatoms. The molecule has 0 radical (unpaired) electrons. The Balaban J connectivity index is 1.93. The minimum atomic E-state index is -0.373. The molecule has 0 aliphatic heterocycles. The Labute approximate surface area is 162 Å². The van der Waals surface area contributed by atoms with E-state index in [4.69, 9.17) is 0 Å². The van der Waals surface area contributed by atoms with Gasteiger partial charge in [0.1, 0.15) is 0 Å². The number of nitrogens with one attached hydrogen (secondary N) is 3. The van der Waals surface area contributed by atoms with E-state index < -0.39 is 0 Å². The first-order valence-corrected chi connectivity index (χ1v) is 9.40. The van der Waals surface area contributed by atoms with Crippen molar-refractivity contribution in [2.75, 3.05) is 17.6 Å². The number of H-pyrrole nitrogens is 1. The summed E-state index contributed by atoms with van der Waals surface area (Å²) < 4.78 is 0.917. The minimum absolute atomic E-state index is 0.0175. The number of hydrogen-bond donors (Lipinski definition) is 3. The van der Waals surface area contributed by atoms with Crippen LogP contribution in [0.5, 0.6) is 0 Å². The molecule has 0 saturated heterocycles. The van der Waals surface area contributed by atoms with Crippen LogP contribution < -0.4 is 16.2 Å². The van der Waals surface area contributed by atoms with E-state index >= 15 is 0 Å². The van der Waals surface area contributed by atoms with Crippen LogP contribution in [0, 0.1) is 0 Å². The van der Waals surface area contributed by atoms with Crippen LogP contribution in [0.15, 0.2) is 57.4 Å². The molecule has 0 spiro atoms. The lowest BCUT2D eigenvalue weighted by Gasteiger charge is -2.06. The Morgan fingerprint density at radius 3 is 2.69 bits per heavy atom. The van der Waals surface area contributed by atoms with Gasteiger partial charge in [-0.2, -0.15) is 0 Å². The number of aromatic amines is 1. The lowest BCUT2D eigenvalue weighted by Crippen LogP contribution is -2.26. The molecular weight excluding hydrogens is 420 g/mol. The van der Waals surface area contributed by atoms with Gasteiger partial charge in [0, 0.05) is 22.8 Å². The van der Waals surface area contributed by atoms with Crippen LogP contribution in [-0.2, 0) is 16.0 Å². The van der Waals surface area contributed by atoms with Gasteiger partial charge in [-0.25, -0.2) is 4.98 Å². The second kappa shape index (κ2) is 9.93. The van der Waals surface area contributed by atoms with Gasteiger partial charge >= 0.3 is 0 Å². The molecule has 0 aliphatic rings. The molecule has 0 aliphatic carbocycles. The highest BCUT2D eigenvalue weighted by Crippen LogP contribution is 2.16. The van der Waals surface area contributed by atoms with Gasteiger partial charge < -0.3 is 15.6 Å². The predicted molar refractivity (Wildman–Crippen MR) is 105 cm³/mol. The smallest absolute Gasteiger partial charge is 0.251 e. The molecule has 26 heavy (non-hydrogen) atoms. The Morgan fingerprint density at radius 1 is 1.27 bits per heavy atom. The van der Waals surface area contributed by atoms with Crippen LogP contribution >= 0.6 is 27.7 Å². The number of carbonyl (C=O) groups excluding carboxylic acids is 2. The number of aromatic nitrogens is 2. The van der Waals surface area contributed by atoms with Crippen LogP contribution in [0.3, 0.4) is 0 Å². The first-order chi connectivity index (χ1) is 12.5. The van der Waals surface area contributed by atoms with Crippen molar-refractivity contribution < 1.29 is 9.59 Å². The number of amides is 2. The average Bonchev–Trinajstić information content (AvgIpc) is 2.60. The van der Waals surface area contributed by atoms with Crippen molar-refractivity contribution in [3.8, 4) is 0 Å². The van der Waals surface area contributed by atoms with Crippen LogP contribution in [0.25, 0.3) is 0 Å². The summed E-state index contributed by atoms with van der Waals surface area (Å²) in [4.78, 5) is 42.2. The van der Waals surface area contributed by atoms with Gasteiger partial charge in [-0.15, -0.1) is 6.58 Å². The standard InChI is InChI=1S/C17H17BrN4O3S/c1-2-7-19-14(23)8-13-9-15(24)22-17(21-13)26-10-16(25)20-12-5-3-11(18)4-6-12/h2-6,9H,1,7-8,10H2,(H,19,23)(H,20,25)(H,21,22,24). The van der Waals surface area contributed by atoms with E-state index in [1.165, 1.54) is 6.07 Å². The second-order valence-corrected chi connectivity index (χ2v) is 7.03. The van der Waals surface area contributed by atoms with Crippen molar-refractivity contribution in [1.82, 2.24) is 15.3 Å². The van der Waals surface area contributed by atoms with Crippen LogP contribution in [-0.4, -0.2) is 34.1 Å². The van der Waals surface area contributed by atoms with Crippen molar-refractivity contribution in [1.29, 1.82) is 0 Å². The summed E-state index contributed by atoms with van der Waals surface area (Å²) in [6.07, 6.45) is 1.55. The zero-order valence-corrected chi connectivity index (χ0v) is 16.2. The molecule has 0 unspecified atom stereocenters. The Hall–Kier alpha value is -2.39. The van der Waals surface area contributed by atoms with Gasteiger partial charge in [0.2, 0.25) is 11.8 Å². The summed E-state index contributed by atoms with van der Waals surface area (Å²) >= 11 is 4.41. The van der Waals surface area contributed by atoms with Gasteiger partial charge in [0.15, 0.2) is 5.16 Å². The maximum Gasteiger partial charge on any atom is 0.251 e. The number of halogens is 1. The van der Waals surface area contributed by atoms with E-state index in [1.54, 1.807) is 18.2 Å². The predicted octanol–water partition coefficient (Wildman–Crippen LogP) is 2.11. The molecule has 1 aromatic heterocycles. The monoisotopic (exact) mass is 436 g/mol. The first-order valence-electron chi connectivity index (χ1n) is 7.62. The molecule has 2 amide bonds. The number of anilines is 1. The Morgan fingerprint density at radius 2 is 2.00 bits per heavy atom. The second-order valence-electron chi connectivity index (χ2n) is 5.16. The summed E-state index contributed by atoms with van der Waals surface area (Å²) in [6.45, 7) is 3.86. The highest BCUT2D eigenvalue weighted by atomic mass is 79.9. The summed E-state index contributed by atoms with van der Waals surface area (Å²) in [5, 5.41) is 5.65. The fourth-order valence-electron chi connectivity index (χ4n) is 1.92. The fourth-order valence-corrected chi connectivity index (χ4v) is 2.88. The molecule has 0 saturated carbocycles. The van der Waals surface area contributed by atoms with Gasteiger partial charge in [0.05, 0.1) is 17.9 Å². The zero-order chi connectivity index (χ0) is 18.9. The molecule has 7 nitrogen and oxygen atoms in total. The highest BCUT2D eigenvalue weighted by molar-refractivity contribution is 9.10. The van der Waals surface area contributed by atoms with Crippen molar-refractivity contribution in [3.05, 3.63) is 63.5 Å². The Bertz CT molecular complexity index is 852. The Kier molecular flexibility index (Phi) is 7.61. The summed E-state index contributed by atoms with van der Waals surface area (Å²) in [6, 6.07) is 8.45. The van der Waals surface area contributed by atoms with E-state index in [-0.39, 0.29) is 34.7 Å². The topological polar surface area (TPSA) is 104 Å². The minimum Gasteiger partial charge on any atom is -0.352 e. The maximum absolute atomic E-state index is 12.0. The molecule has 0 bridgehead atoms. The fraction of sp³-hybridized carbons (Fsp3) is 0.176. The summed E-state index contributed by atoms with van der Waals surface area (Å²) in [5.74, 6) is -0.411. The van der Waals surface area contributed by atoms with Crippen LogP contribution in [0.1, 0.15) is 5.69 Å². The van der Waals surface area contributed by atoms with Crippen molar-refractivity contribution in [2.45, 2.75) is 11.6 Å². The molecular formula is C17H17BrN4O3S. The molecule has 2 aromatic rings. The van der Waals surface area contributed by atoms with E-state index in [9.17, 15) is 14.4 Å². The van der Waals surface area contributed by atoms with Crippen molar-refractivity contribution >= 4 is 45.2 Å². The SMILES string of the molecule is C=CCNC(=O)Cc1cc(=O)[nH]c(SCC(=O)Nc2ccc(Br)cc2)n1. The molecule has 0 atom stereocenters. The molecule has 1 aromatic carbocycles. The van der Waals surface area contributed by atoms with Crippen LogP contribution in [0.4, 0.5) is 5.69 Å². The average molecular weight is 437 g/mol. The van der Waals surface area contributed by atoms with E-state index in [0.29, 0.717) is 17.9 Å². The van der Waals surface area contributed by atoms with E-state index in [1.807, 2.05) is 12.1 Å². The number of hydrogen-bond acceptors (Lipinski definition) is 5. The molecule has 3 N–H and O–H groups in total. The normalized spacial score (nSPS) is 10.2. The van der Waals surface area contributed by atoms with Gasteiger partial charge in [-0.05, 0) is 24.3 Å². The third-order valence-corrected chi connectivity index (χ3v) is 4.43. The van der Waals surface area contributed by atoms with Gasteiger partial charge in [-0.3, -0.25) is 14.4 Å². The van der Waals surface area contributed by atoms with Crippen molar-refractivity contribution in [3.63, 3.8) is 0 Å². The van der Waals surface area contributed by atoms with E-state index in [0.717, 1.165) is 16.2 Å². The quantitative estimate of drug-likeness (QED) is 0.334. The number of thioether (sulfide) groups is 1. The highest BCUT2D eigenvalue weighted by Gasteiger charge is 2.09.